The molecule has 1 aliphatic rings. The zero-order chi connectivity index (χ0) is 16.1. The van der Waals surface area contributed by atoms with Crippen molar-refractivity contribution in [3.05, 3.63) is 41.6 Å². The third-order valence-electron chi connectivity index (χ3n) is 4.31. The molecule has 3 rings (SSSR count). The van der Waals surface area contributed by atoms with Crippen LogP contribution in [0, 0.1) is 6.92 Å². The Morgan fingerprint density at radius 3 is 2.83 bits per heavy atom. The van der Waals surface area contributed by atoms with Crippen LogP contribution in [-0.2, 0) is 13.0 Å². The molecule has 0 radical (unpaired) electrons. The summed E-state index contributed by atoms with van der Waals surface area (Å²) in [5.41, 5.74) is 1.22. The van der Waals surface area contributed by atoms with Crippen LogP contribution in [0.25, 0.3) is 0 Å². The lowest BCUT2D eigenvalue weighted by Crippen LogP contribution is -2.44. The lowest BCUT2D eigenvalue weighted by atomic mass is 9.92. The van der Waals surface area contributed by atoms with E-state index in [0.29, 0.717) is 24.4 Å². The minimum Gasteiger partial charge on any atom is -0.489 e. The first-order valence-electron chi connectivity index (χ1n) is 8.52. The molecule has 124 valence electrons. The Balaban J connectivity index is 1.59. The van der Waals surface area contributed by atoms with Gasteiger partial charge in [0.05, 0.1) is 6.54 Å². The quantitative estimate of drug-likeness (QED) is 0.885. The van der Waals surface area contributed by atoms with Crippen LogP contribution in [0.1, 0.15) is 50.0 Å². The first-order chi connectivity index (χ1) is 11.2. The Hall–Kier alpha value is -1.88. The van der Waals surface area contributed by atoms with E-state index in [0.717, 1.165) is 25.0 Å². The van der Waals surface area contributed by atoms with Crippen LogP contribution in [0.4, 0.5) is 0 Å². The van der Waals surface area contributed by atoms with E-state index in [4.69, 9.17) is 9.15 Å². The standard InChI is InChI=1S/C18H25N3O2/c1-3-17-20-21-18(23-17)12-19-15-9-4-5-10-16(15)22-14-8-6-7-13(2)11-14/h6-8,11,15-16,19H,3-5,9-10,12H2,1-2H3/t15-,16-/m0/s1. The van der Waals surface area contributed by atoms with Crippen molar-refractivity contribution in [1.29, 1.82) is 0 Å². The molecular formula is C18H25N3O2. The van der Waals surface area contributed by atoms with E-state index in [1.165, 1.54) is 18.4 Å². The van der Waals surface area contributed by atoms with Gasteiger partial charge in [-0.1, -0.05) is 25.5 Å². The van der Waals surface area contributed by atoms with Crippen molar-refractivity contribution >= 4 is 0 Å². The molecule has 1 fully saturated rings. The fourth-order valence-corrected chi connectivity index (χ4v) is 3.06. The minimum absolute atomic E-state index is 0.194. The lowest BCUT2D eigenvalue weighted by molar-refractivity contribution is 0.111. The van der Waals surface area contributed by atoms with Gasteiger partial charge in [-0.3, -0.25) is 0 Å². The van der Waals surface area contributed by atoms with Crippen molar-refractivity contribution in [3.63, 3.8) is 0 Å². The Labute approximate surface area is 137 Å². The van der Waals surface area contributed by atoms with Gasteiger partial charge in [0.2, 0.25) is 11.8 Å². The molecule has 0 spiro atoms. The molecule has 2 atom stereocenters. The maximum Gasteiger partial charge on any atom is 0.230 e. The summed E-state index contributed by atoms with van der Waals surface area (Å²) in [6, 6.07) is 8.58. The van der Waals surface area contributed by atoms with Crippen molar-refractivity contribution < 1.29 is 9.15 Å². The summed E-state index contributed by atoms with van der Waals surface area (Å²) in [6.07, 6.45) is 5.61. The predicted octanol–water partition coefficient (Wildman–Crippen LogP) is 3.42. The summed E-state index contributed by atoms with van der Waals surface area (Å²) in [7, 11) is 0. The summed E-state index contributed by atoms with van der Waals surface area (Å²) in [5.74, 6) is 2.30. The van der Waals surface area contributed by atoms with Gasteiger partial charge in [0.25, 0.3) is 0 Å². The fraction of sp³-hybridized carbons (Fsp3) is 0.556. The molecule has 1 aromatic carbocycles. The number of aromatic nitrogens is 2. The summed E-state index contributed by atoms with van der Waals surface area (Å²) >= 11 is 0. The Bertz CT molecular complexity index is 626. The van der Waals surface area contributed by atoms with E-state index in [9.17, 15) is 0 Å². The molecule has 23 heavy (non-hydrogen) atoms. The molecule has 0 unspecified atom stereocenters. The van der Waals surface area contributed by atoms with Crippen LogP contribution in [0.5, 0.6) is 5.75 Å². The van der Waals surface area contributed by atoms with E-state index in [1.54, 1.807) is 0 Å². The molecule has 5 heteroatoms. The van der Waals surface area contributed by atoms with Crippen molar-refractivity contribution in [3.8, 4) is 5.75 Å². The average Bonchev–Trinajstić information content (AvgIpc) is 3.02. The highest BCUT2D eigenvalue weighted by Crippen LogP contribution is 2.24. The number of ether oxygens (including phenoxy) is 1. The van der Waals surface area contributed by atoms with Crippen LogP contribution in [0.15, 0.2) is 28.7 Å². The molecule has 5 nitrogen and oxygen atoms in total. The van der Waals surface area contributed by atoms with Gasteiger partial charge in [-0.05, 0) is 43.9 Å². The Morgan fingerprint density at radius 1 is 1.22 bits per heavy atom. The number of hydrogen-bond acceptors (Lipinski definition) is 5. The number of nitrogens with one attached hydrogen (secondary N) is 1. The van der Waals surface area contributed by atoms with Gasteiger partial charge >= 0.3 is 0 Å². The molecule has 0 saturated heterocycles. The van der Waals surface area contributed by atoms with Crippen LogP contribution in [-0.4, -0.2) is 22.3 Å². The summed E-state index contributed by atoms with van der Waals surface area (Å²) in [4.78, 5) is 0. The number of rotatable bonds is 6. The highest BCUT2D eigenvalue weighted by atomic mass is 16.5. The van der Waals surface area contributed by atoms with Crippen LogP contribution in [0.2, 0.25) is 0 Å². The van der Waals surface area contributed by atoms with Crippen molar-refractivity contribution in [2.24, 2.45) is 0 Å². The first kappa shape index (κ1) is 16.0. The topological polar surface area (TPSA) is 60.2 Å². The first-order valence-corrected chi connectivity index (χ1v) is 8.52. The van der Waals surface area contributed by atoms with Gasteiger partial charge in [0, 0.05) is 12.5 Å². The van der Waals surface area contributed by atoms with E-state index >= 15 is 0 Å². The molecule has 0 aliphatic heterocycles. The average molecular weight is 315 g/mol. The molecular weight excluding hydrogens is 290 g/mol. The van der Waals surface area contributed by atoms with Gasteiger partial charge in [0.1, 0.15) is 11.9 Å². The van der Waals surface area contributed by atoms with E-state index in [1.807, 2.05) is 19.1 Å². The Kier molecular flexibility index (Phi) is 5.28. The minimum atomic E-state index is 0.194. The smallest absolute Gasteiger partial charge is 0.230 e. The second-order valence-electron chi connectivity index (χ2n) is 6.19. The largest absolute Gasteiger partial charge is 0.489 e. The predicted molar refractivity (Wildman–Crippen MR) is 88.4 cm³/mol. The van der Waals surface area contributed by atoms with Crippen molar-refractivity contribution in [2.75, 3.05) is 0 Å². The monoisotopic (exact) mass is 315 g/mol. The molecule has 1 N–H and O–H groups in total. The Morgan fingerprint density at radius 2 is 2.04 bits per heavy atom. The summed E-state index contributed by atoms with van der Waals surface area (Å²) in [5, 5.41) is 11.6. The van der Waals surface area contributed by atoms with Gasteiger partial charge in [-0.25, -0.2) is 0 Å². The van der Waals surface area contributed by atoms with Crippen LogP contribution >= 0.6 is 0 Å². The SMILES string of the molecule is CCc1nnc(CN[C@H]2CCCC[C@@H]2Oc2cccc(C)c2)o1. The number of hydrogen-bond donors (Lipinski definition) is 1. The summed E-state index contributed by atoms with van der Waals surface area (Å²) < 4.78 is 11.8. The number of benzene rings is 1. The van der Waals surface area contributed by atoms with Crippen LogP contribution in [0.3, 0.4) is 0 Å². The molecule has 1 aliphatic carbocycles. The van der Waals surface area contributed by atoms with E-state index in [-0.39, 0.29) is 6.10 Å². The third-order valence-corrected chi connectivity index (χ3v) is 4.31. The highest BCUT2D eigenvalue weighted by molar-refractivity contribution is 5.27. The van der Waals surface area contributed by atoms with Gasteiger partial charge in [0.15, 0.2) is 0 Å². The maximum atomic E-state index is 6.23. The normalized spacial score (nSPS) is 21.3. The third kappa shape index (κ3) is 4.32. The zero-order valence-electron chi connectivity index (χ0n) is 13.9. The molecule has 1 aromatic heterocycles. The molecule has 2 aromatic rings. The van der Waals surface area contributed by atoms with Gasteiger partial charge < -0.3 is 14.5 Å². The van der Waals surface area contributed by atoms with Crippen molar-refractivity contribution in [2.45, 2.75) is 64.6 Å². The second-order valence-corrected chi connectivity index (χ2v) is 6.19. The van der Waals surface area contributed by atoms with Gasteiger partial charge in [-0.2, -0.15) is 0 Å². The van der Waals surface area contributed by atoms with E-state index < -0.39 is 0 Å². The van der Waals surface area contributed by atoms with Gasteiger partial charge in [-0.15, -0.1) is 10.2 Å². The number of nitrogens with zero attached hydrogens (tertiary/aromatic N) is 2. The van der Waals surface area contributed by atoms with Crippen LogP contribution < -0.4 is 10.1 Å². The van der Waals surface area contributed by atoms with E-state index in [2.05, 4.69) is 34.6 Å². The number of aryl methyl sites for hydroxylation is 2. The second kappa shape index (κ2) is 7.59. The zero-order valence-corrected chi connectivity index (χ0v) is 13.9. The fourth-order valence-electron chi connectivity index (χ4n) is 3.06. The maximum absolute atomic E-state index is 6.23. The highest BCUT2D eigenvalue weighted by Gasteiger charge is 2.27. The molecule has 0 amide bonds. The molecule has 1 heterocycles. The molecule has 1 saturated carbocycles. The van der Waals surface area contributed by atoms with Crippen molar-refractivity contribution in [1.82, 2.24) is 15.5 Å². The molecule has 0 bridgehead atoms. The lowest BCUT2D eigenvalue weighted by Gasteiger charge is -2.32. The summed E-state index contributed by atoms with van der Waals surface area (Å²) in [6.45, 7) is 4.70.